The van der Waals surface area contributed by atoms with Crippen molar-refractivity contribution >= 4 is 23.4 Å². The van der Waals surface area contributed by atoms with E-state index in [4.69, 9.17) is 11.6 Å². The molecule has 1 aliphatic rings. The van der Waals surface area contributed by atoms with Crippen molar-refractivity contribution < 1.29 is 0 Å². The van der Waals surface area contributed by atoms with Crippen LogP contribution in [0.5, 0.6) is 0 Å². The van der Waals surface area contributed by atoms with Crippen LogP contribution in [0.4, 0.5) is 0 Å². The molecule has 0 unspecified atom stereocenters. The Hall–Kier alpha value is -0.150. The standard InChI is InChI=1S/C9H13ClN2S/c1-2-12-9(5-10)7-6-13-4-3-8(7)11-12/h2-6H2,1H3. The van der Waals surface area contributed by atoms with Crippen molar-refractivity contribution in [3.63, 3.8) is 0 Å². The molecule has 4 heteroatoms. The van der Waals surface area contributed by atoms with Crippen LogP contribution in [0.3, 0.4) is 0 Å². The number of hydrogen-bond acceptors (Lipinski definition) is 2. The second-order valence-corrected chi connectivity index (χ2v) is 4.50. The highest BCUT2D eigenvalue weighted by Gasteiger charge is 2.19. The molecule has 0 amide bonds. The molecule has 1 aliphatic heterocycles. The van der Waals surface area contributed by atoms with Crippen LogP contribution < -0.4 is 0 Å². The second kappa shape index (κ2) is 3.93. The minimum absolute atomic E-state index is 0.594. The van der Waals surface area contributed by atoms with Crippen LogP contribution in [0.1, 0.15) is 23.9 Å². The van der Waals surface area contributed by atoms with Gasteiger partial charge < -0.3 is 0 Å². The number of thioether (sulfide) groups is 1. The van der Waals surface area contributed by atoms with Gasteiger partial charge in [0.2, 0.25) is 0 Å². The summed E-state index contributed by atoms with van der Waals surface area (Å²) in [5.41, 5.74) is 3.90. The van der Waals surface area contributed by atoms with Gasteiger partial charge in [0.1, 0.15) is 0 Å². The Morgan fingerprint density at radius 3 is 3.15 bits per heavy atom. The summed E-state index contributed by atoms with van der Waals surface area (Å²) in [4.78, 5) is 0. The Bertz CT molecular complexity index is 298. The highest BCUT2D eigenvalue weighted by atomic mass is 35.5. The largest absolute Gasteiger partial charge is 0.268 e. The fourth-order valence-electron chi connectivity index (χ4n) is 1.71. The van der Waals surface area contributed by atoms with E-state index in [0.717, 1.165) is 18.7 Å². The minimum atomic E-state index is 0.594. The number of rotatable bonds is 2. The van der Waals surface area contributed by atoms with Crippen LogP contribution in [0.25, 0.3) is 0 Å². The maximum Gasteiger partial charge on any atom is 0.0676 e. The van der Waals surface area contributed by atoms with Gasteiger partial charge >= 0.3 is 0 Å². The second-order valence-electron chi connectivity index (χ2n) is 3.12. The Kier molecular flexibility index (Phi) is 2.84. The number of hydrogen-bond donors (Lipinski definition) is 0. The third-order valence-electron chi connectivity index (χ3n) is 2.41. The van der Waals surface area contributed by atoms with Crippen molar-refractivity contribution in [3.8, 4) is 0 Å². The summed E-state index contributed by atoms with van der Waals surface area (Å²) in [5, 5.41) is 4.56. The van der Waals surface area contributed by atoms with Crippen molar-refractivity contribution in [1.29, 1.82) is 0 Å². The van der Waals surface area contributed by atoms with Gasteiger partial charge in [-0.05, 0) is 12.7 Å². The van der Waals surface area contributed by atoms with Crippen LogP contribution in [-0.2, 0) is 24.6 Å². The molecule has 1 aromatic rings. The fourth-order valence-corrected chi connectivity index (χ4v) is 3.03. The average molecular weight is 217 g/mol. The van der Waals surface area contributed by atoms with Gasteiger partial charge in [-0.3, -0.25) is 4.68 Å². The smallest absolute Gasteiger partial charge is 0.0676 e. The summed E-state index contributed by atoms with van der Waals surface area (Å²) in [5.74, 6) is 2.89. The molecule has 13 heavy (non-hydrogen) atoms. The first-order chi connectivity index (χ1) is 6.36. The number of alkyl halides is 1. The van der Waals surface area contributed by atoms with E-state index in [-0.39, 0.29) is 0 Å². The molecule has 1 aromatic heterocycles. The van der Waals surface area contributed by atoms with Crippen molar-refractivity contribution in [1.82, 2.24) is 9.78 Å². The minimum Gasteiger partial charge on any atom is -0.268 e. The first kappa shape index (κ1) is 9.41. The molecule has 2 rings (SSSR count). The van der Waals surface area contributed by atoms with Crippen LogP contribution in [0, 0.1) is 0 Å². The molecule has 0 bridgehead atoms. The predicted octanol–water partition coefficient (Wildman–Crippen LogP) is 2.43. The van der Waals surface area contributed by atoms with E-state index in [1.807, 2.05) is 16.4 Å². The SMILES string of the molecule is CCn1nc2c(c1CCl)CSCC2. The molecule has 0 saturated heterocycles. The van der Waals surface area contributed by atoms with Gasteiger partial charge in [-0.25, -0.2) is 0 Å². The lowest BCUT2D eigenvalue weighted by molar-refractivity contribution is 0.627. The molecular formula is C9H13ClN2S. The number of nitrogens with zero attached hydrogens (tertiary/aromatic N) is 2. The van der Waals surface area contributed by atoms with Crippen molar-refractivity contribution in [2.45, 2.75) is 31.5 Å². The monoisotopic (exact) mass is 216 g/mol. The van der Waals surface area contributed by atoms with Gasteiger partial charge in [0.05, 0.1) is 17.3 Å². The quantitative estimate of drug-likeness (QED) is 0.707. The highest BCUT2D eigenvalue weighted by molar-refractivity contribution is 7.98. The summed E-state index contributed by atoms with van der Waals surface area (Å²) >= 11 is 7.90. The topological polar surface area (TPSA) is 17.8 Å². The zero-order valence-electron chi connectivity index (χ0n) is 7.72. The number of aryl methyl sites for hydroxylation is 2. The van der Waals surface area contributed by atoms with E-state index in [1.165, 1.54) is 22.7 Å². The van der Waals surface area contributed by atoms with E-state index in [0.29, 0.717) is 5.88 Å². The van der Waals surface area contributed by atoms with E-state index in [2.05, 4.69) is 12.0 Å². The summed E-state index contributed by atoms with van der Waals surface area (Å²) in [6, 6.07) is 0. The average Bonchev–Trinajstić information content (AvgIpc) is 2.55. The lowest BCUT2D eigenvalue weighted by Crippen LogP contribution is -2.02. The molecule has 0 aromatic carbocycles. The maximum absolute atomic E-state index is 5.92. The molecule has 2 nitrogen and oxygen atoms in total. The van der Waals surface area contributed by atoms with Crippen molar-refractivity contribution in [3.05, 3.63) is 17.0 Å². The third-order valence-corrected chi connectivity index (χ3v) is 3.64. The van der Waals surface area contributed by atoms with E-state index < -0.39 is 0 Å². The summed E-state index contributed by atoms with van der Waals surface area (Å²) in [6.07, 6.45) is 1.11. The van der Waals surface area contributed by atoms with Crippen molar-refractivity contribution in [2.75, 3.05) is 5.75 Å². The van der Waals surface area contributed by atoms with Gasteiger partial charge in [0.25, 0.3) is 0 Å². The van der Waals surface area contributed by atoms with Gasteiger partial charge in [-0.15, -0.1) is 11.6 Å². The molecule has 0 spiro atoms. The molecule has 0 atom stereocenters. The molecule has 0 N–H and O–H groups in total. The maximum atomic E-state index is 5.92. The lowest BCUT2D eigenvalue weighted by atomic mass is 10.2. The van der Waals surface area contributed by atoms with E-state index in [1.54, 1.807) is 0 Å². The summed E-state index contributed by atoms with van der Waals surface area (Å²) in [6.45, 7) is 3.04. The number of halogens is 1. The van der Waals surface area contributed by atoms with Gasteiger partial charge in [-0.1, -0.05) is 0 Å². The molecule has 0 saturated carbocycles. The lowest BCUT2D eigenvalue weighted by Gasteiger charge is -2.09. The van der Waals surface area contributed by atoms with Crippen LogP contribution in [-0.4, -0.2) is 15.5 Å². The third kappa shape index (κ3) is 1.59. The first-order valence-electron chi connectivity index (χ1n) is 4.58. The zero-order valence-corrected chi connectivity index (χ0v) is 9.29. The van der Waals surface area contributed by atoms with Crippen LogP contribution >= 0.6 is 23.4 Å². The Morgan fingerprint density at radius 2 is 2.46 bits per heavy atom. The van der Waals surface area contributed by atoms with Crippen molar-refractivity contribution in [2.24, 2.45) is 0 Å². The molecule has 0 radical (unpaired) electrons. The molecule has 0 aliphatic carbocycles. The molecule has 2 heterocycles. The molecular weight excluding hydrogens is 204 g/mol. The molecule has 72 valence electrons. The first-order valence-corrected chi connectivity index (χ1v) is 6.27. The van der Waals surface area contributed by atoms with E-state index >= 15 is 0 Å². The zero-order chi connectivity index (χ0) is 9.26. The van der Waals surface area contributed by atoms with Gasteiger partial charge in [0.15, 0.2) is 0 Å². The number of aromatic nitrogens is 2. The molecule has 0 fully saturated rings. The predicted molar refractivity (Wildman–Crippen MR) is 57.3 cm³/mol. The Balaban J connectivity index is 2.44. The number of fused-ring (bicyclic) bond motifs is 1. The van der Waals surface area contributed by atoms with E-state index in [9.17, 15) is 0 Å². The summed E-state index contributed by atoms with van der Waals surface area (Å²) < 4.78 is 2.05. The summed E-state index contributed by atoms with van der Waals surface area (Å²) in [7, 11) is 0. The van der Waals surface area contributed by atoms with Gasteiger partial charge in [-0.2, -0.15) is 16.9 Å². The Labute approximate surface area is 87.6 Å². The van der Waals surface area contributed by atoms with Gasteiger partial charge in [0, 0.05) is 24.3 Å². The highest BCUT2D eigenvalue weighted by Crippen LogP contribution is 2.27. The fraction of sp³-hybridized carbons (Fsp3) is 0.667. The Morgan fingerprint density at radius 1 is 1.62 bits per heavy atom. The van der Waals surface area contributed by atoms with Crippen LogP contribution in [0.2, 0.25) is 0 Å². The normalized spacial score (nSPS) is 15.8. The van der Waals surface area contributed by atoms with Crippen LogP contribution in [0.15, 0.2) is 0 Å².